The number of ether oxygens (including phenoxy) is 1. The monoisotopic (exact) mass is 365 g/mol. The van der Waals surface area contributed by atoms with Crippen LogP contribution >= 0.6 is 22.9 Å². The number of carbonyl (C=O) groups excluding carboxylic acids is 1. The predicted molar refractivity (Wildman–Crippen MR) is 81.0 cm³/mol. The number of nitrogens with two attached hydrogens (primary N) is 1. The lowest BCUT2D eigenvalue weighted by molar-refractivity contribution is -0.153. The van der Waals surface area contributed by atoms with Gasteiger partial charge in [-0.3, -0.25) is 4.79 Å². The number of carbonyl (C=O) groups is 1. The van der Waals surface area contributed by atoms with Crippen LogP contribution in [0.4, 0.5) is 18.9 Å². The van der Waals surface area contributed by atoms with E-state index >= 15 is 0 Å². The molecule has 0 spiro atoms. The zero-order chi connectivity index (χ0) is 17.0. The van der Waals surface area contributed by atoms with E-state index < -0.39 is 18.7 Å². The molecule has 0 unspecified atom stereocenters. The number of alkyl halides is 3. The van der Waals surface area contributed by atoms with Gasteiger partial charge in [0.05, 0.1) is 12.2 Å². The number of nitrogens with zero attached hydrogens (tertiary/aromatic N) is 1. The van der Waals surface area contributed by atoms with Crippen molar-refractivity contribution in [2.45, 2.75) is 12.7 Å². The zero-order valence-corrected chi connectivity index (χ0v) is 13.1. The maximum atomic E-state index is 12.3. The minimum atomic E-state index is -4.47. The smallest absolute Gasteiger partial charge is 0.422 e. The molecule has 23 heavy (non-hydrogen) atoms. The third-order valence-corrected chi connectivity index (χ3v) is 3.75. The van der Waals surface area contributed by atoms with Crippen LogP contribution in [0.5, 0.6) is 5.75 Å². The van der Waals surface area contributed by atoms with Crippen molar-refractivity contribution in [2.24, 2.45) is 5.73 Å². The number of hydrogen-bond acceptors (Lipinski definition) is 5. The molecule has 1 amide bonds. The fourth-order valence-corrected chi connectivity index (χ4v) is 2.57. The quantitative estimate of drug-likeness (QED) is 0.822. The summed E-state index contributed by atoms with van der Waals surface area (Å²) in [5.74, 6) is -0.737. The van der Waals surface area contributed by atoms with E-state index in [2.05, 4.69) is 10.3 Å². The Morgan fingerprint density at radius 2 is 2.17 bits per heavy atom. The van der Waals surface area contributed by atoms with E-state index in [1.54, 1.807) is 0 Å². The second kappa shape index (κ2) is 7.05. The molecule has 0 saturated heterocycles. The van der Waals surface area contributed by atoms with E-state index in [0.717, 1.165) is 4.88 Å². The van der Waals surface area contributed by atoms with Crippen LogP contribution in [-0.4, -0.2) is 23.7 Å². The summed E-state index contributed by atoms with van der Waals surface area (Å²) in [7, 11) is 0. The summed E-state index contributed by atoms with van der Waals surface area (Å²) in [6.07, 6.45) is -2.93. The van der Waals surface area contributed by atoms with Gasteiger partial charge in [-0.1, -0.05) is 11.6 Å². The molecule has 1 heterocycles. The van der Waals surface area contributed by atoms with Crippen molar-refractivity contribution in [1.29, 1.82) is 0 Å². The van der Waals surface area contributed by atoms with Crippen molar-refractivity contribution in [3.05, 3.63) is 39.3 Å². The number of nitrogens with one attached hydrogen (secondary N) is 1. The minimum absolute atomic E-state index is 0.0389. The molecule has 1 aromatic carbocycles. The SMILES string of the molecule is NC(=O)c1ccc(OCC(F)(F)F)c(NCc2cnc(Cl)s2)c1. The number of rotatable bonds is 6. The second-order valence-electron chi connectivity index (χ2n) is 4.41. The highest BCUT2D eigenvalue weighted by atomic mass is 35.5. The van der Waals surface area contributed by atoms with Gasteiger partial charge in [0, 0.05) is 16.6 Å². The van der Waals surface area contributed by atoms with Crippen LogP contribution < -0.4 is 15.8 Å². The molecule has 10 heteroatoms. The zero-order valence-electron chi connectivity index (χ0n) is 11.5. The molecular formula is C13H11ClF3N3O2S. The van der Waals surface area contributed by atoms with Crippen LogP contribution in [-0.2, 0) is 6.54 Å². The van der Waals surface area contributed by atoms with Crippen LogP contribution in [0.25, 0.3) is 0 Å². The van der Waals surface area contributed by atoms with E-state index in [4.69, 9.17) is 22.1 Å². The Bertz CT molecular complexity index is 706. The van der Waals surface area contributed by atoms with Crippen molar-refractivity contribution >= 4 is 34.5 Å². The first kappa shape index (κ1) is 17.4. The molecule has 0 atom stereocenters. The van der Waals surface area contributed by atoms with Gasteiger partial charge >= 0.3 is 6.18 Å². The maximum absolute atomic E-state index is 12.3. The summed E-state index contributed by atoms with van der Waals surface area (Å²) in [4.78, 5) is 15.8. The summed E-state index contributed by atoms with van der Waals surface area (Å²) >= 11 is 6.93. The van der Waals surface area contributed by atoms with Crippen LogP contribution in [0.15, 0.2) is 24.4 Å². The first-order valence-corrected chi connectivity index (χ1v) is 7.41. The Kier molecular flexibility index (Phi) is 5.32. The van der Waals surface area contributed by atoms with Gasteiger partial charge in [-0.2, -0.15) is 13.2 Å². The molecule has 124 valence electrons. The highest BCUT2D eigenvalue weighted by molar-refractivity contribution is 7.15. The minimum Gasteiger partial charge on any atom is -0.482 e. The van der Waals surface area contributed by atoms with Crippen molar-refractivity contribution in [3.63, 3.8) is 0 Å². The largest absolute Gasteiger partial charge is 0.482 e. The molecule has 2 aromatic rings. The second-order valence-corrected chi connectivity index (χ2v) is 6.11. The molecule has 2 rings (SSSR count). The number of anilines is 1. The Morgan fingerprint density at radius 1 is 1.43 bits per heavy atom. The number of hydrogen-bond donors (Lipinski definition) is 2. The van der Waals surface area contributed by atoms with Crippen molar-refractivity contribution < 1.29 is 22.7 Å². The number of amides is 1. The number of thiazole rings is 1. The third-order valence-electron chi connectivity index (χ3n) is 2.63. The summed E-state index contributed by atoms with van der Waals surface area (Å²) < 4.78 is 42.0. The molecule has 0 fully saturated rings. The molecule has 0 aliphatic carbocycles. The van der Waals surface area contributed by atoms with Gasteiger partial charge in [-0.15, -0.1) is 11.3 Å². The number of aromatic nitrogens is 1. The van der Waals surface area contributed by atoms with Crippen LogP contribution in [0.1, 0.15) is 15.2 Å². The van der Waals surface area contributed by atoms with E-state index in [9.17, 15) is 18.0 Å². The lowest BCUT2D eigenvalue weighted by Crippen LogP contribution is -2.20. The Labute approximate surface area is 138 Å². The molecule has 0 saturated carbocycles. The average Bonchev–Trinajstić information content (AvgIpc) is 2.88. The lowest BCUT2D eigenvalue weighted by atomic mass is 10.1. The molecule has 5 nitrogen and oxygen atoms in total. The maximum Gasteiger partial charge on any atom is 0.422 e. The van der Waals surface area contributed by atoms with E-state index in [1.165, 1.54) is 35.7 Å². The normalized spacial score (nSPS) is 11.3. The lowest BCUT2D eigenvalue weighted by Gasteiger charge is -2.15. The van der Waals surface area contributed by atoms with Gasteiger partial charge in [0.1, 0.15) is 5.75 Å². The van der Waals surface area contributed by atoms with Gasteiger partial charge in [0.25, 0.3) is 0 Å². The molecule has 1 aromatic heterocycles. The van der Waals surface area contributed by atoms with E-state index in [-0.39, 0.29) is 23.5 Å². The van der Waals surface area contributed by atoms with Crippen molar-refractivity contribution in [3.8, 4) is 5.75 Å². The number of halogens is 4. The molecule has 0 aliphatic heterocycles. The highest BCUT2D eigenvalue weighted by Gasteiger charge is 2.29. The first-order valence-electron chi connectivity index (χ1n) is 6.22. The topological polar surface area (TPSA) is 77.2 Å². The molecule has 0 radical (unpaired) electrons. The van der Waals surface area contributed by atoms with Crippen molar-refractivity contribution in [1.82, 2.24) is 4.98 Å². The summed E-state index contributed by atoms with van der Waals surface area (Å²) in [6.45, 7) is -1.18. The van der Waals surface area contributed by atoms with Gasteiger partial charge in [0.15, 0.2) is 11.1 Å². The summed E-state index contributed by atoms with van der Waals surface area (Å²) in [5, 5.41) is 2.89. The van der Waals surface area contributed by atoms with Crippen molar-refractivity contribution in [2.75, 3.05) is 11.9 Å². The fourth-order valence-electron chi connectivity index (χ4n) is 1.65. The predicted octanol–water partition coefficient (Wildman–Crippen LogP) is 3.45. The molecule has 0 bridgehead atoms. The standard InChI is InChI=1S/C13H11ClF3N3O2S/c14-12-20-5-8(23-12)4-19-9-3-7(11(18)21)1-2-10(9)22-6-13(15,16)17/h1-3,5,19H,4,6H2,(H2,18,21). The third kappa shape index (κ3) is 5.29. The van der Waals surface area contributed by atoms with Gasteiger partial charge < -0.3 is 15.8 Å². The van der Waals surface area contributed by atoms with Crippen LogP contribution in [0.2, 0.25) is 4.47 Å². The number of primary amides is 1. The molecular weight excluding hydrogens is 355 g/mol. The van der Waals surface area contributed by atoms with E-state index in [0.29, 0.717) is 4.47 Å². The molecule has 0 aliphatic rings. The summed E-state index contributed by atoms with van der Waals surface area (Å²) in [6, 6.07) is 3.88. The van der Waals surface area contributed by atoms with Gasteiger partial charge in [0.2, 0.25) is 5.91 Å². The summed E-state index contributed by atoms with van der Waals surface area (Å²) in [5.41, 5.74) is 5.54. The van der Waals surface area contributed by atoms with Gasteiger partial charge in [-0.05, 0) is 18.2 Å². The van der Waals surface area contributed by atoms with E-state index in [1.807, 2.05) is 0 Å². The van der Waals surface area contributed by atoms with Crippen LogP contribution in [0.3, 0.4) is 0 Å². The Hall–Kier alpha value is -2.00. The fraction of sp³-hybridized carbons (Fsp3) is 0.231. The first-order chi connectivity index (χ1) is 10.7. The highest BCUT2D eigenvalue weighted by Crippen LogP contribution is 2.29. The van der Waals surface area contributed by atoms with Gasteiger partial charge in [-0.25, -0.2) is 4.98 Å². The number of benzene rings is 1. The molecule has 3 N–H and O–H groups in total. The Morgan fingerprint density at radius 3 is 2.74 bits per heavy atom. The Balaban J connectivity index is 2.18. The average molecular weight is 366 g/mol. The van der Waals surface area contributed by atoms with Crippen LogP contribution in [0, 0.1) is 0 Å².